The third-order valence-corrected chi connectivity index (χ3v) is 4.04. The normalized spacial score (nSPS) is 11.6. The van der Waals surface area contributed by atoms with E-state index in [1.807, 2.05) is 0 Å². The lowest BCUT2D eigenvalue weighted by molar-refractivity contribution is -0.137. The molecule has 0 aliphatic carbocycles. The van der Waals surface area contributed by atoms with Crippen LogP contribution in [0.3, 0.4) is 0 Å². The number of alkyl halides is 3. The van der Waals surface area contributed by atoms with Crippen LogP contribution in [-0.2, 0) is 6.18 Å². The zero-order chi connectivity index (χ0) is 18.2. The molecule has 0 saturated heterocycles. The molecule has 25 heavy (non-hydrogen) atoms. The Bertz CT molecular complexity index is 905. The minimum Gasteiger partial charge on any atom is -0.504 e. The van der Waals surface area contributed by atoms with Gasteiger partial charge < -0.3 is 14.8 Å². The maximum atomic E-state index is 13.1. The van der Waals surface area contributed by atoms with E-state index in [2.05, 4.69) is 5.32 Å². The maximum absolute atomic E-state index is 13.1. The fourth-order valence-corrected chi connectivity index (χ4v) is 2.77. The Morgan fingerprint density at radius 3 is 2.32 bits per heavy atom. The summed E-state index contributed by atoms with van der Waals surface area (Å²) >= 11 is 5.66. The highest BCUT2D eigenvalue weighted by Crippen LogP contribution is 2.47. The average Bonchev–Trinajstić information content (AvgIpc) is 2.92. The van der Waals surface area contributed by atoms with Gasteiger partial charge in [-0.2, -0.15) is 13.2 Å². The minimum atomic E-state index is -4.60. The number of furan rings is 1. The Morgan fingerprint density at radius 2 is 1.72 bits per heavy atom. The SMILES string of the molecule is CNc1oc(-c2ccccc2)c(O)c1-c1ccc(Cl)c(C(F)(F)F)c1. The van der Waals surface area contributed by atoms with E-state index in [0.29, 0.717) is 5.56 Å². The van der Waals surface area contributed by atoms with Crippen LogP contribution in [0.2, 0.25) is 5.02 Å². The first-order valence-electron chi connectivity index (χ1n) is 7.29. The molecule has 0 radical (unpaired) electrons. The largest absolute Gasteiger partial charge is 0.504 e. The molecule has 0 atom stereocenters. The molecular formula is C18H13ClF3NO2. The van der Waals surface area contributed by atoms with Gasteiger partial charge in [0.15, 0.2) is 11.5 Å². The molecule has 3 rings (SSSR count). The van der Waals surface area contributed by atoms with Crippen LogP contribution < -0.4 is 5.32 Å². The highest BCUT2D eigenvalue weighted by molar-refractivity contribution is 6.31. The summed E-state index contributed by atoms with van der Waals surface area (Å²) in [6.45, 7) is 0. The van der Waals surface area contributed by atoms with Crippen LogP contribution in [0.15, 0.2) is 52.9 Å². The first-order valence-corrected chi connectivity index (χ1v) is 7.66. The lowest BCUT2D eigenvalue weighted by Crippen LogP contribution is -2.06. The number of hydrogen-bond donors (Lipinski definition) is 2. The summed E-state index contributed by atoms with van der Waals surface area (Å²) < 4.78 is 45.0. The standard InChI is InChI=1S/C18H13ClF3NO2/c1-23-17-14(11-7-8-13(19)12(9-11)18(20,21)22)15(24)16(25-17)10-5-3-2-4-6-10/h2-9,23-24H,1H3. The van der Waals surface area contributed by atoms with Crippen LogP contribution in [0.25, 0.3) is 22.5 Å². The molecule has 3 nitrogen and oxygen atoms in total. The number of benzene rings is 2. The van der Waals surface area contributed by atoms with Crippen molar-refractivity contribution in [1.29, 1.82) is 0 Å². The molecule has 2 N–H and O–H groups in total. The number of aromatic hydroxyl groups is 1. The molecule has 0 spiro atoms. The van der Waals surface area contributed by atoms with Crippen LogP contribution in [0.4, 0.5) is 19.1 Å². The predicted molar refractivity (Wildman–Crippen MR) is 90.8 cm³/mol. The van der Waals surface area contributed by atoms with Gasteiger partial charge in [-0.15, -0.1) is 0 Å². The molecule has 2 aromatic carbocycles. The summed E-state index contributed by atoms with van der Waals surface area (Å²) in [5, 5.41) is 12.9. The summed E-state index contributed by atoms with van der Waals surface area (Å²) in [6, 6.07) is 12.2. The Morgan fingerprint density at radius 1 is 1.04 bits per heavy atom. The molecule has 0 aliphatic rings. The van der Waals surface area contributed by atoms with Crippen molar-refractivity contribution in [1.82, 2.24) is 0 Å². The van der Waals surface area contributed by atoms with Crippen molar-refractivity contribution in [3.05, 3.63) is 59.1 Å². The van der Waals surface area contributed by atoms with E-state index in [4.69, 9.17) is 16.0 Å². The van der Waals surface area contributed by atoms with Crippen molar-refractivity contribution in [2.45, 2.75) is 6.18 Å². The molecule has 130 valence electrons. The van der Waals surface area contributed by atoms with Crippen LogP contribution in [0, 0.1) is 0 Å². The van der Waals surface area contributed by atoms with Crippen molar-refractivity contribution in [2.75, 3.05) is 12.4 Å². The molecule has 0 unspecified atom stereocenters. The molecule has 0 fully saturated rings. The monoisotopic (exact) mass is 367 g/mol. The molecule has 3 aromatic rings. The summed E-state index contributed by atoms with van der Waals surface area (Å²) in [5.41, 5.74) is -0.0867. The van der Waals surface area contributed by atoms with Gasteiger partial charge in [-0.1, -0.05) is 48.0 Å². The number of nitrogens with one attached hydrogen (secondary N) is 1. The Kier molecular flexibility index (Phi) is 4.39. The van der Waals surface area contributed by atoms with E-state index in [9.17, 15) is 18.3 Å². The molecule has 0 aliphatic heterocycles. The second-order valence-electron chi connectivity index (χ2n) is 5.29. The number of rotatable bonds is 3. The van der Waals surface area contributed by atoms with E-state index in [1.54, 1.807) is 37.4 Å². The first-order chi connectivity index (χ1) is 11.8. The van der Waals surface area contributed by atoms with Crippen molar-refractivity contribution in [2.24, 2.45) is 0 Å². The fraction of sp³-hybridized carbons (Fsp3) is 0.111. The third kappa shape index (κ3) is 3.17. The van der Waals surface area contributed by atoms with Crippen LogP contribution >= 0.6 is 11.6 Å². The van der Waals surface area contributed by atoms with E-state index in [-0.39, 0.29) is 28.5 Å². The number of anilines is 1. The van der Waals surface area contributed by atoms with Gasteiger partial charge in [0.25, 0.3) is 0 Å². The van der Waals surface area contributed by atoms with Gasteiger partial charge in [-0.25, -0.2) is 0 Å². The smallest absolute Gasteiger partial charge is 0.417 e. The van der Waals surface area contributed by atoms with Crippen LogP contribution in [0.1, 0.15) is 5.56 Å². The second-order valence-corrected chi connectivity index (χ2v) is 5.70. The maximum Gasteiger partial charge on any atom is 0.417 e. The minimum absolute atomic E-state index is 0.142. The Labute approximate surface area is 146 Å². The van der Waals surface area contributed by atoms with Gasteiger partial charge in [0.2, 0.25) is 5.88 Å². The van der Waals surface area contributed by atoms with E-state index in [0.717, 1.165) is 12.1 Å². The van der Waals surface area contributed by atoms with Gasteiger partial charge >= 0.3 is 6.18 Å². The van der Waals surface area contributed by atoms with Crippen molar-refractivity contribution in [3.8, 4) is 28.2 Å². The summed E-state index contributed by atoms with van der Waals surface area (Å²) in [7, 11) is 1.55. The number of hydrogen-bond acceptors (Lipinski definition) is 3. The highest BCUT2D eigenvalue weighted by Gasteiger charge is 2.34. The fourth-order valence-electron chi connectivity index (χ4n) is 2.55. The third-order valence-electron chi connectivity index (χ3n) is 3.71. The zero-order valence-corrected chi connectivity index (χ0v) is 13.7. The summed E-state index contributed by atoms with van der Waals surface area (Å²) in [4.78, 5) is 0. The Hall–Kier alpha value is -2.60. The molecule has 0 amide bonds. The second kappa shape index (κ2) is 6.37. The van der Waals surface area contributed by atoms with Crippen molar-refractivity contribution < 1.29 is 22.7 Å². The lowest BCUT2D eigenvalue weighted by atomic mass is 10.0. The number of halogens is 4. The van der Waals surface area contributed by atoms with Gasteiger partial charge in [0.05, 0.1) is 16.1 Å². The van der Waals surface area contributed by atoms with Crippen molar-refractivity contribution in [3.63, 3.8) is 0 Å². The molecular weight excluding hydrogens is 355 g/mol. The van der Waals surface area contributed by atoms with E-state index < -0.39 is 16.8 Å². The molecule has 1 aromatic heterocycles. The summed E-state index contributed by atoms with van der Waals surface area (Å²) in [5.74, 6) is 0.0845. The van der Waals surface area contributed by atoms with Gasteiger partial charge in [-0.05, 0) is 17.7 Å². The van der Waals surface area contributed by atoms with E-state index in [1.165, 1.54) is 6.07 Å². The average molecular weight is 368 g/mol. The highest BCUT2D eigenvalue weighted by atomic mass is 35.5. The van der Waals surface area contributed by atoms with Crippen molar-refractivity contribution >= 4 is 17.5 Å². The summed E-state index contributed by atoms with van der Waals surface area (Å²) in [6.07, 6.45) is -4.60. The lowest BCUT2D eigenvalue weighted by Gasteiger charge is -2.11. The van der Waals surface area contributed by atoms with Gasteiger partial charge in [0.1, 0.15) is 0 Å². The van der Waals surface area contributed by atoms with Gasteiger partial charge in [0, 0.05) is 12.6 Å². The zero-order valence-electron chi connectivity index (χ0n) is 13.0. The molecule has 1 heterocycles. The van der Waals surface area contributed by atoms with Crippen LogP contribution in [0.5, 0.6) is 5.75 Å². The van der Waals surface area contributed by atoms with Gasteiger partial charge in [-0.3, -0.25) is 0 Å². The molecule has 0 saturated carbocycles. The Balaban J connectivity index is 2.20. The quantitative estimate of drug-likeness (QED) is 0.593. The molecule has 7 heteroatoms. The predicted octanol–water partition coefficient (Wildman–Crippen LogP) is 6.03. The van der Waals surface area contributed by atoms with Crippen LogP contribution in [-0.4, -0.2) is 12.2 Å². The first kappa shape index (κ1) is 17.2. The van der Waals surface area contributed by atoms with E-state index >= 15 is 0 Å². The molecule has 0 bridgehead atoms. The topological polar surface area (TPSA) is 45.4 Å².